The first-order valence-corrected chi connectivity index (χ1v) is 7.94. The van der Waals surface area contributed by atoms with Crippen LogP contribution in [0.25, 0.3) is 0 Å². The number of aromatic hydroxyl groups is 1. The molecule has 0 saturated heterocycles. The molecule has 2 aromatic carbocycles. The summed E-state index contributed by atoms with van der Waals surface area (Å²) in [4.78, 5) is 23.2. The Balaban J connectivity index is 1.87. The molecule has 25 heavy (non-hydrogen) atoms. The second kappa shape index (κ2) is 8.73. The lowest BCUT2D eigenvalue weighted by atomic mass is 10.0. The van der Waals surface area contributed by atoms with Gasteiger partial charge >= 0.3 is 12.1 Å². The number of hydrogen-bond acceptors (Lipinski definition) is 4. The molecule has 132 valence electrons. The molecular formula is C19H21NO5. The molecule has 1 atom stereocenters. The molecule has 0 heterocycles. The van der Waals surface area contributed by atoms with Crippen molar-refractivity contribution in [2.45, 2.75) is 25.8 Å². The van der Waals surface area contributed by atoms with Gasteiger partial charge in [-0.2, -0.15) is 0 Å². The minimum Gasteiger partial charge on any atom is -0.508 e. The van der Waals surface area contributed by atoms with E-state index in [1.54, 1.807) is 19.1 Å². The Morgan fingerprint density at radius 3 is 2.52 bits per heavy atom. The number of carboxylic acid groups (broad SMARTS) is 1. The number of phenolic OH excluding ortho intramolecular Hbond substituents is 1. The lowest BCUT2D eigenvalue weighted by Crippen LogP contribution is -2.42. The number of carboxylic acids is 1. The Morgan fingerprint density at radius 1 is 1.16 bits per heavy atom. The third-order valence-electron chi connectivity index (χ3n) is 3.81. The molecule has 0 unspecified atom stereocenters. The van der Waals surface area contributed by atoms with E-state index in [9.17, 15) is 19.8 Å². The summed E-state index contributed by atoms with van der Waals surface area (Å²) in [5.74, 6) is -1.03. The number of rotatable bonds is 7. The summed E-state index contributed by atoms with van der Waals surface area (Å²) in [6, 6.07) is 13.1. The van der Waals surface area contributed by atoms with Crippen LogP contribution in [0.15, 0.2) is 48.5 Å². The van der Waals surface area contributed by atoms with Crippen molar-refractivity contribution < 1.29 is 24.5 Å². The molecule has 0 bridgehead atoms. The van der Waals surface area contributed by atoms with Crippen LogP contribution in [0.3, 0.4) is 0 Å². The second-order valence-corrected chi connectivity index (χ2v) is 5.72. The highest BCUT2D eigenvalue weighted by Gasteiger charge is 2.22. The number of carbonyl (C=O) groups excluding carboxylic acids is 1. The van der Waals surface area contributed by atoms with Crippen LogP contribution in [0.1, 0.15) is 16.7 Å². The molecule has 2 rings (SSSR count). The van der Waals surface area contributed by atoms with Crippen molar-refractivity contribution in [3.63, 3.8) is 0 Å². The van der Waals surface area contributed by atoms with Crippen LogP contribution in [0.5, 0.6) is 5.75 Å². The largest absolute Gasteiger partial charge is 0.508 e. The number of aryl methyl sites for hydroxylation is 1. The van der Waals surface area contributed by atoms with Crippen molar-refractivity contribution in [3.05, 3.63) is 65.2 Å². The zero-order valence-electron chi connectivity index (χ0n) is 13.9. The standard InChI is InChI=1S/C19H21NO5/c1-13-11-16(21)8-7-15(13)12-17(18(22)23)20-19(24)25-10-9-14-5-3-2-4-6-14/h2-8,11,17,21H,9-10,12H2,1H3,(H,20,24)(H,22,23)/t17-/m0/s1. The number of aliphatic carboxylic acids is 1. The number of benzene rings is 2. The van der Waals surface area contributed by atoms with Gasteiger partial charge in [-0.05, 0) is 35.7 Å². The minimum absolute atomic E-state index is 0.106. The number of phenols is 1. The SMILES string of the molecule is Cc1cc(O)ccc1C[C@H](NC(=O)OCCc1ccccc1)C(=O)O. The Hall–Kier alpha value is -3.02. The fourth-order valence-electron chi connectivity index (χ4n) is 2.42. The highest BCUT2D eigenvalue weighted by molar-refractivity contribution is 5.80. The predicted octanol–water partition coefficient (Wildman–Crippen LogP) is 2.67. The highest BCUT2D eigenvalue weighted by Crippen LogP contribution is 2.17. The monoisotopic (exact) mass is 343 g/mol. The van der Waals surface area contributed by atoms with Gasteiger partial charge in [0.1, 0.15) is 11.8 Å². The molecule has 0 aliphatic heterocycles. The topological polar surface area (TPSA) is 95.9 Å². The molecule has 3 N–H and O–H groups in total. The molecule has 6 heteroatoms. The Labute approximate surface area is 146 Å². The van der Waals surface area contributed by atoms with Crippen LogP contribution in [0, 0.1) is 6.92 Å². The van der Waals surface area contributed by atoms with Gasteiger partial charge in [-0.3, -0.25) is 0 Å². The summed E-state index contributed by atoms with van der Waals surface area (Å²) in [6.45, 7) is 1.94. The molecule has 0 aliphatic rings. The fourth-order valence-corrected chi connectivity index (χ4v) is 2.42. The molecule has 0 fully saturated rings. The maximum atomic E-state index is 11.8. The van der Waals surface area contributed by atoms with Crippen LogP contribution >= 0.6 is 0 Å². The summed E-state index contributed by atoms with van der Waals surface area (Å²) in [5.41, 5.74) is 2.52. The average Bonchev–Trinajstić information content (AvgIpc) is 2.57. The van der Waals surface area contributed by atoms with Crippen LogP contribution < -0.4 is 5.32 Å². The second-order valence-electron chi connectivity index (χ2n) is 5.72. The van der Waals surface area contributed by atoms with Gasteiger partial charge in [-0.1, -0.05) is 36.4 Å². The van der Waals surface area contributed by atoms with Crippen LogP contribution in [0.2, 0.25) is 0 Å². The zero-order chi connectivity index (χ0) is 18.2. The molecule has 0 spiro atoms. The Morgan fingerprint density at radius 2 is 1.88 bits per heavy atom. The summed E-state index contributed by atoms with van der Waals surface area (Å²) < 4.78 is 5.06. The van der Waals surface area contributed by atoms with Gasteiger partial charge in [0.2, 0.25) is 0 Å². The maximum absolute atomic E-state index is 11.8. The number of nitrogens with one attached hydrogen (secondary N) is 1. The fraction of sp³-hybridized carbons (Fsp3) is 0.263. The Bertz CT molecular complexity index is 730. The molecule has 0 aliphatic carbocycles. The van der Waals surface area contributed by atoms with E-state index >= 15 is 0 Å². The molecule has 0 radical (unpaired) electrons. The van der Waals surface area contributed by atoms with Gasteiger partial charge in [-0.15, -0.1) is 0 Å². The van der Waals surface area contributed by atoms with E-state index < -0.39 is 18.1 Å². The molecule has 6 nitrogen and oxygen atoms in total. The van der Waals surface area contributed by atoms with Crippen molar-refractivity contribution in [1.29, 1.82) is 0 Å². The van der Waals surface area contributed by atoms with Gasteiger partial charge in [0.15, 0.2) is 0 Å². The molecule has 1 amide bonds. The first kappa shape index (κ1) is 18.3. The summed E-state index contributed by atoms with van der Waals surface area (Å²) in [7, 11) is 0. The third kappa shape index (κ3) is 5.84. The minimum atomic E-state index is -1.15. The quantitative estimate of drug-likeness (QED) is 0.718. The molecular weight excluding hydrogens is 322 g/mol. The van der Waals surface area contributed by atoms with E-state index in [-0.39, 0.29) is 18.8 Å². The van der Waals surface area contributed by atoms with Gasteiger partial charge in [-0.25, -0.2) is 9.59 Å². The summed E-state index contributed by atoms with van der Waals surface area (Å²) in [5, 5.41) is 21.1. The van der Waals surface area contributed by atoms with Crippen LogP contribution in [-0.4, -0.2) is 34.9 Å². The van der Waals surface area contributed by atoms with E-state index in [4.69, 9.17) is 4.74 Å². The maximum Gasteiger partial charge on any atom is 0.407 e. The van der Waals surface area contributed by atoms with Crippen molar-refractivity contribution in [1.82, 2.24) is 5.32 Å². The summed E-state index contributed by atoms with van der Waals surface area (Å²) >= 11 is 0. The van der Waals surface area contributed by atoms with E-state index in [0.29, 0.717) is 6.42 Å². The van der Waals surface area contributed by atoms with E-state index in [1.165, 1.54) is 6.07 Å². The first-order chi connectivity index (χ1) is 12.0. The number of hydrogen-bond donors (Lipinski definition) is 3. The predicted molar refractivity (Wildman–Crippen MR) is 92.6 cm³/mol. The normalized spacial score (nSPS) is 11.6. The zero-order valence-corrected chi connectivity index (χ0v) is 13.9. The van der Waals surface area contributed by atoms with Crippen molar-refractivity contribution >= 4 is 12.1 Å². The smallest absolute Gasteiger partial charge is 0.407 e. The van der Waals surface area contributed by atoms with E-state index in [0.717, 1.165) is 16.7 Å². The molecule has 0 aromatic heterocycles. The van der Waals surface area contributed by atoms with Crippen LogP contribution in [0.4, 0.5) is 4.79 Å². The Kier molecular flexibility index (Phi) is 6.39. The van der Waals surface area contributed by atoms with E-state index in [2.05, 4.69) is 5.32 Å². The summed E-state index contributed by atoms with van der Waals surface area (Å²) in [6.07, 6.45) is -0.0991. The lowest BCUT2D eigenvalue weighted by molar-refractivity contribution is -0.139. The van der Waals surface area contributed by atoms with E-state index in [1.807, 2.05) is 30.3 Å². The number of ether oxygens (including phenoxy) is 1. The van der Waals surface area contributed by atoms with Gasteiger partial charge < -0.3 is 20.3 Å². The lowest BCUT2D eigenvalue weighted by Gasteiger charge is -2.16. The average molecular weight is 343 g/mol. The number of alkyl carbamates (subject to hydrolysis) is 1. The van der Waals surface area contributed by atoms with Gasteiger partial charge in [0.05, 0.1) is 6.61 Å². The van der Waals surface area contributed by atoms with Gasteiger partial charge in [0, 0.05) is 12.8 Å². The van der Waals surface area contributed by atoms with Gasteiger partial charge in [0.25, 0.3) is 0 Å². The number of amides is 1. The highest BCUT2D eigenvalue weighted by atomic mass is 16.5. The number of carbonyl (C=O) groups is 2. The van der Waals surface area contributed by atoms with Crippen molar-refractivity contribution in [2.75, 3.05) is 6.61 Å². The third-order valence-corrected chi connectivity index (χ3v) is 3.81. The van der Waals surface area contributed by atoms with Crippen molar-refractivity contribution in [2.24, 2.45) is 0 Å². The van der Waals surface area contributed by atoms with Crippen molar-refractivity contribution in [3.8, 4) is 5.75 Å². The molecule has 2 aromatic rings. The first-order valence-electron chi connectivity index (χ1n) is 7.94. The molecule has 0 saturated carbocycles. The van der Waals surface area contributed by atoms with Crippen LogP contribution in [-0.2, 0) is 22.4 Å².